The molecule has 1 amide bonds. The minimum Gasteiger partial charge on any atom is -0.380 e. The summed E-state index contributed by atoms with van der Waals surface area (Å²) in [6.45, 7) is 4.42. The normalized spacial score (nSPS) is 10.5. The number of amides is 1. The fourth-order valence-corrected chi connectivity index (χ4v) is 2.05. The van der Waals surface area contributed by atoms with Gasteiger partial charge in [-0.1, -0.05) is 29.8 Å². The second-order valence-corrected chi connectivity index (χ2v) is 5.44. The summed E-state index contributed by atoms with van der Waals surface area (Å²) in [6, 6.07) is 9.51. The van der Waals surface area contributed by atoms with Gasteiger partial charge in [-0.05, 0) is 31.5 Å². The molecule has 0 saturated carbocycles. The SMILES string of the molecule is CC(C)NC(=O)c1cncc(NCc2ccccc2Cl)c1. The monoisotopic (exact) mass is 303 g/mol. The third kappa shape index (κ3) is 4.46. The number of anilines is 1. The molecule has 0 atom stereocenters. The Morgan fingerprint density at radius 3 is 2.76 bits per heavy atom. The first-order valence-corrected chi connectivity index (χ1v) is 7.17. The maximum absolute atomic E-state index is 11.9. The Morgan fingerprint density at radius 1 is 1.29 bits per heavy atom. The third-order valence-electron chi connectivity index (χ3n) is 2.86. The van der Waals surface area contributed by atoms with E-state index in [4.69, 9.17) is 11.6 Å². The summed E-state index contributed by atoms with van der Waals surface area (Å²) in [5.41, 5.74) is 2.32. The molecule has 0 aliphatic heterocycles. The van der Waals surface area contributed by atoms with Crippen molar-refractivity contribution in [2.24, 2.45) is 0 Å². The molecule has 1 heterocycles. The molecule has 4 nitrogen and oxygen atoms in total. The number of benzene rings is 1. The van der Waals surface area contributed by atoms with Gasteiger partial charge in [0.25, 0.3) is 5.91 Å². The summed E-state index contributed by atoms with van der Waals surface area (Å²) in [5, 5.41) is 6.78. The lowest BCUT2D eigenvalue weighted by molar-refractivity contribution is 0.0943. The van der Waals surface area contributed by atoms with Gasteiger partial charge in [-0.2, -0.15) is 0 Å². The van der Waals surface area contributed by atoms with E-state index in [1.165, 1.54) is 0 Å². The van der Waals surface area contributed by atoms with Crippen LogP contribution in [-0.2, 0) is 6.54 Å². The molecule has 110 valence electrons. The fraction of sp³-hybridized carbons (Fsp3) is 0.250. The first-order valence-electron chi connectivity index (χ1n) is 6.79. The molecular formula is C16H18ClN3O. The number of carbonyl (C=O) groups is 1. The van der Waals surface area contributed by atoms with Crippen molar-refractivity contribution in [2.75, 3.05) is 5.32 Å². The standard InChI is InChI=1S/C16H18ClN3O/c1-11(2)20-16(21)13-7-14(10-18-8-13)19-9-12-5-3-4-6-15(12)17/h3-8,10-11,19H,9H2,1-2H3,(H,20,21). The van der Waals surface area contributed by atoms with Crippen LogP contribution >= 0.6 is 11.6 Å². The van der Waals surface area contributed by atoms with Gasteiger partial charge >= 0.3 is 0 Å². The lowest BCUT2D eigenvalue weighted by Gasteiger charge is -2.11. The van der Waals surface area contributed by atoms with Crippen molar-refractivity contribution in [1.82, 2.24) is 10.3 Å². The number of pyridine rings is 1. The molecule has 0 spiro atoms. The van der Waals surface area contributed by atoms with Gasteiger partial charge in [-0.3, -0.25) is 9.78 Å². The van der Waals surface area contributed by atoms with E-state index in [1.54, 1.807) is 18.5 Å². The number of hydrogen-bond donors (Lipinski definition) is 2. The lowest BCUT2D eigenvalue weighted by Crippen LogP contribution is -2.30. The first-order chi connectivity index (χ1) is 10.1. The number of hydrogen-bond acceptors (Lipinski definition) is 3. The maximum atomic E-state index is 11.9. The van der Waals surface area contributed by atoms with E-state index < -0.39 is 0 Å². The van der Waals surface area contributed by atoms with Crippen LogP contribution in [0.3, 0.4) is 0 Å². The van der Waals surface area contributed by atoms with Gasteiger partial charge < -0.3 is 10.6 Å². The van der Waals surface area contributed by atoms with Crippen LogP contribution in [0.4, 0.5) is 5.69 Å². The summed E-state index contributed by atoms with van der Waals surface area (Å²) in [7, 11) is 0. The number of nitrogens with one attached hydrogen (secondary N) is 2. The number of rotatable bonds is 5. The second-order valence-electron chi connectivity index (χ2n) is 5.04. The molecule has 21 heavy (non-hydrogen) atoms. The van der Waals surface area contributed by atoms with E-state index in [0.29, 0.717) is 17.1 Å². The van der Waals surface area contributed by atoms with E-state index in [2.05, 4.69) is 15.6 Å². The zero-order valence-electron chi connectivity index (χ0n) is 12.1. The highest BCUT2D eigenvalue weighted by Gasteiger charge is 2.08. The Balaban J connectivity index is 2.04. The Morgan fingerprint density at radius 2 is 2.05 bits per heavy atom. The Labute approximate surface area is 129 Å². The minimum absolute atomic E-state index is 0.0947. The average molecular weight is 304 g/mol. The van der Waals surface area contributed by atoms with Crippen molar-refractivity contribution in [1.29, 1.82) is 0 Å². The van der Waals surface area contributed by atoms with E-state index in [9.17, 15) is 4.79 Å². The van der Waals surface area contributed by atoms with Gasteiger partial charge in [0.1, 0.15) is 0 Å². The summed E-state index contributed by atoms with van der Waals surface area (Å²) < 4.78 is 0. The molecule has 0 radical (unpaired) electrons. The molecular weight excluding hydrogens is 286 g/mol. The van der Waals surface area contributed by atoms with E-state index >= 15 is 0 Å². The summed E-state index contributed by atoms with van der Waals surface area (Å²) in [4.78, 5) is 16.0. The molecule has 0 unspecified atom stereocenters. The van der Waals surface area contributed by atoms with Crippen molar-refractivity contribution in [3.05, 3.63) is 58.9 Å². The van der Waals surface area contributed by atoms with Crippen molar-refractivity contribution in [2.45, 2.75) is 26.4 Å². The van der Waals surface area contributed by atoms with E-state index in [-0.39, 0.29) is 11.9 Å². The molecule has 0 bridgehead atoms. The van der Waals surface area contributed by atoms with Gasteiger partial charge in [0.05, 0.1) is 11.3 Å². The summed E-state index contributed by atoms with van der Waals surface area (Å²) in [6.07, 6.45) is 3.24. The second kappa shape index (κ2) is 7.09. The quantitative estimate of drug-likeness (QED) is 0.889. The Bertz CT molecular complexity index is 628. The summed E-state index contributed by atoms with van der Waals surface area (Å²) in [5.74, 6) is -0.126. The molecule has 2 aromatic rings. The maximum Gasteiger partial charge on any atom is 0.253 e. The van der Waals surface area contributed by atoms with Gasteiger partial charge in [0.2, 0.25) is 0 Å². The van der Waals surface area contributed by atoms with Crippen LogP contribution in [0.1, 0.15) is 29.8 Å². The van der Waals surface area contributed by atoms with Crippen molar-refractivity contribution in [3.8, 4) is 0 Å². The van der Waals surface area contributed by atoms with Crippen LogP contribution in [-0.4, -0.2) is 16.9 Å². The molecule has 1 aromatic carbocycles. The number of nitrogens with zero attached hydrogens (tertiary/aromatic N) is 1. The van der Waals surface area contributed by atoms with Gasteiger partial charge in [0, 0.05) is 30.0 Å². The minimum atomic E-state index is -0.126. The van der Waals surface area contributed by atoms with Gasteiger partial charge in [0.15, 0.2) is 0 Å². The van der Waals surface area contributed by atoms with E-state index in [1.807, 2.05) is 38.1 Å². The zero-order chi connectivity index (χ0) is 15.2. The van der Waals surface area contributed by atoms with Gasteiger partial charge in [-0.25, -0.2) is 0 Å². The zero-order valence-corrected chi connectivity index (χ0v) is 12.8. The van der Waals surface area contributed by atoms with E-state index in [0.717, 1.165) is 11.3 Å². The van der Waals surface area contributed by atoms with Crippen LogP contribution in [0.15, 0.2) is 42.7 Å². The van der Waals surface area contributed by atoms with Crippen LogP contribution in [0.25, 0.3) is 0 Å². The third-order valence-corrected chi connectivity index (χ3v) is 3.23. The van der Waals surface area contributed by atoms with Crippen molar-refractivity contribution < 1.29 is 4.79 Å². The molecule has 1 aromatic heterocycles. The highest BCUT2D eigenvalue weighted by Crippen LogP contribution is 2.17. The van der Waals surface area contributed by atoms with Crippen LogP contribution in [0.5, 0.6) is 0 Å². The number of aromatic nitrogens is 1. The smallest absolute Gasteiger partial charge is 0.253 e. The molecule has 0 aliphatic rings. The van der Waals surface area contributed by atoms with Crippen molar-refractivity contribution >= 4 is 23.2 Å². The molecule has 0 saturated heterocycles. The Kier molecular flexibility index (Phi) is 5.17. The summed E-state index contributed by atoms with van der Waals surface area (Å²) >= 11 is 6.11. The number of carbonyl (C=O) groups excluding carboxylic acids is 1. The largest absolute Gasteiger partial charge is 0.380 e. The molecule has 2 rings (SSSR count). The topological polar surface area (TPSA) is 54.0 Å². The predicted molar refractivity (Wildman–Crippen MR) is 85.6 cm³/mol. The molecule has 0 aliphatic carbocycles. The van der Waals surface area contributed by atoms with Crippen molar-refractivity contribution in [3.63, 3.8) is 0 Å². The van der Waals surface area contributed by atoms with Gasteiger partial charge in [-0.15, -0.1) is 0 Å². The van der Waals surface area contributed by atoms with Crippen LogP contribution in [0.2, 0.25) is 5.02 Å². The highest BCUT2D eigenvalue weighted by atomic mass is 35.5. The predicted octanol–water partition coefficient (Wildman–Crippen LogP) is 3.49. The first kappa shape index (κ1) is 15.3. The average Bonchev–Trinajstić information content (AvgIpc) is 2.46. The Hall–Kier alpha value is -2.07. The highest BCUT2D eigenvalue weighted by molar-refractivity contribution is 6.31. The lowest BCUT2D eigenvalue weighted by atomic mass is 10.2. The molecule has 5 heteroatoms. The molecule has 2 N–H and O–H groups in total. The fourth-order valence-electron chi connectivity index (χ4n) is 1.85. The number of halogens is 1. The molecule has 0 fully saturated rings. The van der Waals surface area contributed by atoms with Crippen LogP contribution < -0.4 is 10.6 Å². The van der Waals surface area contributed by atoms with Crippen LogP contribution in [0, 0.1) is 0 Å².